The van der Waals surface area contributed by atoms with Crippen molar-refractivity contribution >= 4 is 11.6 Å². The number of aryl methyl sites for hydroxylation is 1. The Morgan fingerprint density at radius 1 is 1.29 bits per heavy atom. The van der Waals surface area contributed by atoms with E-state index < -0.39 is 0 Å². The highest BCUT2D eigenvalue weighted by Gasteiger charge is 2.15. The first-order chi connectivity index (χ1) is 10.2. The van der Waals surface area contributed by atoms with Crippen molar-refractivity contribution in [2.24, 2.45) is 0 Å². The number of hydrogen-bond acceptors (Lipinski definition) is 6. The van der Waals surface area contributed by atoms with Crippen LogP contribution in [0.3, 0.4) is 0 Å². The Morgan fingerprint density at radius 3 is 2.76 bits per heavy atom. The summed E-state index contributed by atoms with van der Waals surface area (Å²) in [5, 5.41) is 3.18. The quantitative estimate of drug-likeness (QED) is 0.879. The van der Waals surface area contributed by atoms with E-state index in [9.17, 15) is 0 Å². The van der Waals surface area contributed by atoms with Gasteiger partial charge < -0.3 is 15.0 Å². The molecule has 6 nitrogen and oxygen atoms in total. The number of methoxy groups -OCH3 is 1. The summed E-state index contributed by atoms with van der Waals surface area (Å²) < 4.78 is 5.46. The van der Waals surface area contributed by atoms with Gasteiger partial charge in [0.25, 0.3) is 0 Å². The van der Waals surface area contributed by atoms with Gasteiger partial charge in [-0.25, -0.2) is 9.97 Å². The fraction of sp³-hybridized carbons (Fsp3) is 0.400. The number of aromatic nitrogens is 3. The van der Waals surface area contributed by atoms with E-state index in [1.807, 2.05) is 44.0 Å². The largest absolute Gasteiger partial charge is 0.490 e. The average molecular weight is 287 g/mol. The molecule has 0 fully saturated rings. The number of rotatable bonds is 6. The highest BCUT2D eigenvalue weighted by Crippen LogP contribution is 2.31. The van der Waals surface area contributed by atoms with Gasteiger partial charge in [-0.3, -0.25) is 4.98 Å². The van der Waals surface area contributed by atoms with Crippen molar-refractivity contribution in [1.29, 1.82) is 0 Å². The van der Waals surface area contributed by atoms with Gasteiger partial charge >= 0.3 is 0 Å². The third kappa shape index (κ3) is 3.59. The summed E-state index contributed by atoms with van der Waals surface area (Å²) in [7, 11) is 3.59. The smallest absolute Gasteiger partial charge is 0.204 e. The van der Waals surface area contributed by atoms with E-state index in [0.29, 0.717) is 18.1 Å². The Balaban J connectivity index is 2.26. The minimum absolute atomic E-state index is 0.648. The lowest BCUT2D eigenvalue weighted by Gasteiger charge is -2.21. The van der Waals surface area contributed by atoms with E-state index in [4.69, 9.17) is 4.74 Å². The van der Waals surface area contributed by atoms with Gasteiger partial charge in [0.05, 0.1) is 19.3 Å². The maximum Gasteiger partial charge on any atom is 0.204 e. The lowest BCUT2D eigenvalue weighted by atomic mass is 10.3. The molecule has 0 unspecified atom stereocenters. The molecule has 2 aromatic heterocycles. The van der Waals surface area contributed by atoms with Crippen molar-refractivity contribution in [1.82, 2.24) is 15.0 Å². The molecule has 2 rings (SSSR count). The molecule has 0 aliphatic heterocycles. The van der Waals surface area contributed by atoms with Crippen LogP contribution >= 0.6 is 0 Å². The van der Waals surface area contributed by atoms with Crippen molar-refractivity contribution < 1.29 is 4.74 Å². The maximum absolute atomic E-state index is 5.46. The summed E-state index contributed by atoms with van der Waals surface area (Å²) in [6.07, 6.45) is 1.54. The second-order valence-electron chi connectivity index (χ2n) is 4.74. The van der Waals surface area contributed by atoms with E-state index in [1.54, 1.807) is 7.11 Å². The normalized spacial score (nSPS) is 10.3. The zero-order valence-electron chi connectivity index (χ0n) is 12.9. The highest BCUT2D eigenvalue weighted by atomic mass is 16.5. The van der Waals surface area contributed by atoms with Gasteiger partial charge in [-0.05, 0) is 26.0 Å². The molecule has 2 heterocycles. The molecule has 0 spiro atoms. The van der Waals surface area contributed by atoms with Crippen LogP contribution in [-0.2, 0) is 6.54 Å². The zero-order valence-corrected chi connectivity index (χ0v) is 12.9. The van der Waals surface area contributed by atoms with E-state index >= 15 is 0 Å². The molecule has 0 amide bonds. The van der Waals surface area contributed by atoms with Gasteiger partial charge in [0.2, 0.25) is 5.75 Å². The zero-order chi connectivity index (χ0) is 15.2. The second kappa shape index (κ2) is 6.88. The standard InChI is InChI=1S/C15H21N5O/c1-5-16-14-13(21-4)15(18-10-17-14)20(3)9-12-8-6-7-11(2)19-12/h6-8,10H,5,9H2,1-4H3,(H,16,17,18). The van der Waals surface area contributed by atoms with Crippen LogP contribution in [0.4, 0.5) is 11.6 Å². The molecule has 6 heteroatoms. The minimum Gasteiger partial charge on any atom is -0.490 e. The monoisotopic (exact) mass is 287 g/mol. The van der Waals surface area contributed by atoms with Crippen LogP contribution in [0.25, 0.3) is 0 Å². The lowest BCUT2D eigenvalue weighted by molar-refractivity contribution is 0.412. The number of anilines is 2. The van der Waals surface area contributed by atoms with Crippen LogP contribution in [0.1, 0.15) is 18.3 Å². The van der Waals surface area contributed by atoms with Gasteiger partial charge in [0.15, 0.2) is 11.6 Å². The van der Waals surface area contributed by atoms with Crippen molar-refractivity contribution in [2.75, 3.05) is 30.9 Å². The molecular formula is C15H21N5O. The number of ether oxygens (including phenoxy) is 1. The first-order valence-corrected chi connectivity index (χ1v) is 6.92. The molecule has 1 N–H and O–H groups in total. The van der Waals surface area contributed by atoms with Crippen LogP contribution < -0.4 is 15.0 Å². The van der Waals surface area contributed by atoms with Gasteiger partial charge in [0, 0.05) is 19.3 Å². The summed E-state index contributed by atoms with van der Waals surface area (Å²) in [5.74, 6) is 2.09. The second-order valence-corrected chi connectivity index (χ2v) is 4.74. The number of nitrogens with one attached hydrogen (secondary N) is 1. The maximum atomic E-state index is 5.46. The fourth-order valence-electron chi connectivity index (χ4n) is 2.12. The van der Waals surface area contributed by atoms with Crippen LogP contribution in [0.15, 0.2) is 24.5 Å². The molecule has 0 aliphatic carbocycles. The first-order valence-electron chi connectivity index (χ1n) is 6.92. The van der Waals surface area contributed by atoms with Crippen molar-refractivity contribution in [3.05, 3.63) is 35.9 Å². The summed E-state index contributed by atoms with van der Waals surface area (Å²) >= 11 is 0. The highest BCUT2D eigenvalue weighted by molar-refractivity contribution is 5.64. The lowest BCUT2D eigenvalue weighted by Crippen LogP contribution is -2.20. The molecule has 0 atom stereocenters. The van der Waals surface area contributed by atoms with Crippen LogP contribution in [-0.4, -0.2) is 35.7 Å². The molecule has 0 aliphatic rings. The summed E-state index contributed by atoms with van der Waals surface area (Å²) in [6.45, 7) is 5.43. The molecule has 0 bridgehead atoms. The van der Waals surface area contributed by atoms with Gasteiger partial charge in [-0.15, -0.1) is 0 Å². The van der Waals surface area contributed by atoms with Crippen LogP contribution in [0.2, 0.25) is 0 Å². The van der Waals surface area contributed by atoms with Crippen molar-refractivity contribution in [3.8, 4) is 5.75 Å². The Morgan fingerprint density at radius 2 is 2.10 bits per heavy atom. The summed E-state index contributed by atoms with van der Waals surface area (Å²) in [5.41, 5.74) is 1.99. The number of pyridine rings is 1. The molecule has 0 saturated heterocycles. The Hall–Kier alpha value is -2.37. The molecule has 0 radical (unpaired) electrons. The van der Waals surface area contributed by atoms with Crippen molar-refractivity contribution in [3.63, 3.8) is 0 Å². The Bertz CT molecular complexity index is 602. The topological polar surface area (TPSA) is 63.2 Å². The molecule has 0 saturated carbocycles. The third-order valence-corrected chi connectivity index (χ3v) is 3.04. The fourth-order valence-corrected chi connectivity index (χ4v) is 2.12. The van der Waals surface area contributed by atoms with E-state index in [1.165, 1.54) is 6.33 Å². The number of hydrogen-bond donors (Lipinski definition) is 1. The molecule has 112 valence electrons. The Kier molecular flexibility index (Phi) is 4.92. The van der Waals surface area contributed by atoms with E-state index in [2.05, 4.69) is 20.3 Å². The van der Waals surface area contributed by atoms with Crippen molar-refractivity contribution in [2.45, 2.75) is 20.4 Å². The number of nitrogens with zero attached hydrogens (tertiary/aromatic N) is 4. The van der Waals surface area contributed by atoms with E-state index in [0.717, 1.165) is 23.8 Å². The van der Waals surface area contributed by atoms with E-state index in [-0.39, 0.29) is 0 Å². The SMILES string of the molecule is CCNc1ncnc(N(C)Cc2cccc(C)n2)c1OC. The summed E-state index contributed by atoms with van der Waals surface area (Å²) in [4.78, 5) is 15.1. The van der Waals surface area contributed by atoms with Crippen LogP contribution in [0, 0.1) is 6.92 Å². The summed E-state index contributed by atoms with van der Waals surface area (Å²) in [6, 6.07) is 5.99. The van der Waals surface area contributed by atoms with Gasteiger partial charge in [0.1, 0.15) is 6.33 Å². The first kappa shape index (κ1) is 15.0. The van der Waals surface area contributed by atoms with Gasteiger partial charge in [-0.2, -0.15) is 0 Å². The minimum atomic E-state index is 0.648. The third-order valence-electron chi connectivity index (χ3n) is 3.04. The molecule has 21 heavy (non-hydrogen) atoms. The predicted octanol–water partition coefficient (Wildman–Crippen LogP) is 2.26. The molecule has 0 aromatic carbocycles. The van der Waals surface area contributed by atoms with Crippen LogP contribution in [0.5, 0.6) is 5.75 Å². The molecular weight excluding hydrogens is 266 g/mol. The average Bonchev–Trinajstić information content (AvgIpc) is 2.47. The predicted molar refractivity (Wildman–Crippen MR) is 83.8 cm³/mol. The van der Waals surface area contributed by atoms with Gasteiger partial charge in [-0.1, -0.05) is 6.07 Å². The Labute approximate surface area is 125 Å². The molecule has 2 aromatic rings.